The topological polar surface area (TPSA) is 81.2 Å². The summed E-state index contributed by atoms with van der Waals surface area (Å²) in [7, 11) is 0. The van der Waals surface area contributed by atoms with E-state index in [0.29, 0.717) is 27.7 Å². The Balaban J connectivity index is 1.99. The molecule has 1 aromatic heterocycles. The number of aromatic nitrogens is 2. The highest BCUT2D eigenvalue weighted by atomic mass is 35.5. The van der Waals surface area contributed by atoms with Gasteiger partial charge in [-0.2, -0.15) is 18.3 Å². The molecule has 0 saturated carbocycles. The Morgan fingerprint density at radius 2 is 2.00 bits per heavy atom. The number of phenolic OH excluding ortho intramolecular Hbond substituents is 1. The zero-order valence-corrected chi connectivity index (χ0v) is 17.3. The average Bonchev–Trinajstić information content (AvgIpc) is 3.10. The molecule has 5 nitrogen and oxygen atoms in total. The molecule has 0 amide bonds. The van der Waals surface area contributed by atoms with E-state index in [-0.39, 0.29) is 16.3 Å². The molecule has 0 saturated heterocycles. The van der Waals surface area contributed by atoms with E-state index >= 15 is 0 Å². The van der Waals surface area contributed by atoms with Crippen LogP contribution in [0, 0.1) is 6.92 Å². The Kier molecular flexibility index (Phi) is 4.52. The molecule has 1 heterocycles. The van der Waals surface area contributed by atoms with Gasteiger partial charge in [-0.05, 0) is 42.0 Å². The van der Waals surface area contributed by atoms with Gasteiger partial charge in [-0.1, -0.05) is 37.6 Å². The van der Waals surface area contributed by atoms with Crippen LogP contribution in [0.4, 0.5) is 18.9 Å². The van der Waals surface area contributed by atoms with Gasteiger partial charge >= 0.3 is 6.18 Å². The number of aromatic hydroxyl groups is 1. The lowest BCUT2D eigenvalue weighted by Gasteiger charge is -2.49. The minimum atomic E-state index is -4.92. The molecule has 0 fully saturated rings. The normalized spacial score (nSPS) is 23.4. The Morgan fingerprint density at radius 1 is 1.30 bits per heavy atom. The molecule has 0 spiro atoms. The zero-order valence-electron chi connectivity index (χ0n) is 16.5. The fourth-order valence-electron chi connectivity index (χ4n) is 4.57. The van der Waals surface area contributed by atoms with Gasteiger partial charge in [0.15, 0.2) is 5.60 Å². The van der Waals surface area contributed by atoms with Gasteiger partial charge in [0.2, 0.25) is 0 Å². The lowest BCUT2D eigenvalue weighted by atomic mass is 9.63. The van der Waals surface area contributed by atoms with Gasteiger partial charge in [0.1, 0.15) is 5.75 Å². The van der Waals surface area contributed by atoms with Crippen LogP contribution in [-0.4, -0.2) is 32.2 Å². The molecule has 160 valence electrons. The Labute approximate surface area is 175 Å². The van der Waals surface area contributed by atoms with Crippen molar-refractivity contribution >= 4 is 28.2 Å². The van der Waals surface area contributed by atoms with Crippen molar-refractivity contribution in [2.45, 2.75) is 50.4 Å². The fraction of sp³-hybridized carbons (Fsp3) is 0.381. The third kappa shape index (κ3) is 2.93. The van der Waals surface area contributed by atoms with Crippen LogP contribution in [0.1, 0.15) is 43.0 Å². The lowest BCUT2D eigenvalue weighted by molar-refractivity contribution is -0.275. The van der Waals surface area contributed by atoms with Crippen molar-refractivity contribution < 1.29 is 23.4 Å². The number of rotatable bonds is 2. The number of H-pyrrole nitrogens is 1. The second kappa shape index (κ2) is 6.52. The van der Waals surface area contributed by atoms with E-state index in [2.05, 4.69) is 15.5 Å². The standard InChI is InChI=1S/C21H21ClF3N3O2/c1-10-7-11-15(17(29)16(10)22)19(2,3)9-20(30,21(23,24)25)18(11)27-13-5-4-6-14-12(13)8-26-28-14/h4-8,18,27,29-30H,9H2,1-3H3,(H,26,28). The number of nitrogens with one attached hydrogen (secondary N) is 2. The van der Waals surface area contributed by atoms with Gasteiger partial charge in [-0.15, -0.1) is 0 Å². The third-order valence-electron chi connectivity index (χ3n) is 5.90. The predicted octanol–water partition coefficient (Wildman–Crippen LogP) is 5.36. The highest BCUT2D eigenvalue weighted by Gasteiger charge is 2.64. The van der Waals surface area contributed by atoms with E-state index in [0.717, 1.165) is 0 Å². The summed E-state index contributed by atoms with van der Waals surface area (Å²) < 4.78 is 42.8. The summed E-state index contributed by atoms with van der Waals surface area (Å²) in [5, 5.41) is 32.1. The van der Waals surface area contributed by atoms with Crippen molar-refractivity contribution in [3.05, 3.63) is 52.2 Å². The van der Waals surface area contributed by atoms with Crippen molar-refractivity contribution in [2.75, 3.05) is 5.32 Å². The molecule has 4 rings (SSSR count). The van der Waals surface area contributed by atoms with Gasteiger partial charge in [-0.25, -0.2) is 0 Å². The number of phenols is 1. The Hall–Kier alpha value is -2.45. The molecule has 0 radical (unpaired) electrons. The van der Waals surface area contributed by atoms with Gasteiger partial charge in [0.05, 0.1) is 22.8 Å². The lowest BCUT2D eigenvalue weighted by Crippen LogP contribution is -2.58. The molecule has 9 heteroatoms. The van der Waals surface area contributed by atoms with Crippen LogP contribution >= 0.6 is 11.6 Å². The molecule has 4 N–H and O–H groups in total. The van der Waals surface area contributed by atoms with Crippen LogP contribution in [0.3, 0.4) is 0 Å². The van der Waals surface area contributed by atoms with Gasteiger partial charge in [-0.3, -0.25) is 5.10 Å². The number of aromatic amines is 1. The molecule has 2 unspecified atom stereocenters. The largest absolute Gasteiger partial charge is 0.506 e. The smallest absolute Gasteiger partial charge is 0.419 e. The van der Waals surface area contributed by atoms with Crippen molar-refractivity contribution in [3.63, 3.8) is 0 Å². The monoisotopic (exact) mass is 439 g/mol. The van der Waals surface area contributed by atoms with E-state index in [1.165, 1.54) is 12.3 Å². The predicted molar refractivity (Wildman–Crippen MR) is 109 cm³/mol. The number of benzene rings is 2. The molecule has 2 aromatic carbocycles. The first-order chi connectivity index (χ1) is 13.9. The number of fused-ring (bicyclic) bond motifs is 2. The molecular formula is C21H21ClF3N3O2. The molecule has 1 aliphatic rings. The third-order valence-corrected chi connectivity index (χ3v) is 6.38. The highest BCUT2D eigenvalue weighted by molar-refractivity contribution is 6.33. The summed E-state index contributed by atoms with van der Waals surface area (Å²) in [6.07, 6.45) is -4.07. The SMILES string of the molecule is Cc1cc2c(c(O)c1Cl)C(C)(C)CC(O)(C(F)(F)F)C2Nc1cccc2[nH]ncc12. The van der Waals surface area contributed by atoms with Crippen molar-refractivity contribution in [1.29, 1.82) is 0 Å². The van der Waals surface area contributed by atoms with E-state index in [4.69, 9.17) is 11.6 Å². The minimum Gasteiger partial charge on any atom is -0.506 e. The molecule has 1 aliphatic carbocycles. The summed E-state index contributed by atoms with van der Waals surface area (Å²) in [6, 6.07) is 4.98. The van der Waals surface area contributed by atoms with Crippen LogP contribution < -0.4 is 5.32 Å². The number of nitrogens with zero attached hydrogens (tertiary/aromatic N) is 1. The van der Waals surface area contributed by atoms with E-state index in [1.54, 1.807) is 39.0 Å². The minimum absolute atomic E-state index is 0.0926. The number of hydrogen-bond acceptors (Lipinski definition) is 4. The van der Waals surface area contributed by atoms with Crippen LogP contribution in [0.15, 0.2) is 30.5 Å². The maximum Gasteiger partial charge on any atom is 0.419 e. The second-order valence-electron chi connectivity index (χ2n) is 8.52. The first-order valence-electron chi connectivity index (χ1n) is 9.37. The van der Waals surface area contributed by atoms with E-state index in [9.17, 15) is 23.4 Å². The molecule has 0 aliphatic heterocycles. The average molecular weight is 440 g/mol. The number of hydrogen-bond donors (Lipinski definition) is 4. The maximum absolute atomic E-state index is 14.3. The summed E-state index contributed by atoms with van der Waals surface area (Å²) in [6.45, 7) is 4.71. The van der Waals surface area contributed by atoms with Crippen molar-refractivity contribution in [1.82, 2.24) is 10.2 Å². The first-order valence-corrected chi connectivity index (χ1v) is 9.75. The maximum atomic E-state index is 14.3. The second-order valence-corrected chi connectivity index (χ2v) is 8.90. The van der Waals surface area contributed by atoms with E-state index in [1.807, 2.05) is 0 Å². The van der Waals surface area contributed by atoms with Crippen LogP contribution in [0.5, 0.6) is 5.75 Å². The Morgan fingerprint density at radius 3 is 2.67 bits per heavy atom. The van der Waals surface area contributed by atoms with E-state index < -0.39 is 29.7 Å². The van der Waals surface area contributed by atoms with Crippen LogP contribution in [-0.2, 0) is 5.41 Å². The number of aliphatic hydroxyl groups is 1. The quantitative estimate of drug-likeness (QED) is 0.433. The molecule has 0 bridgehead atoms. The highest BCUT2D eigenvalue weighted by Crippen LogP contribution is 2.57. The molecule has 30 heavy (non-hydrogen) atoms. The number of anilines is 1. The first kappa shape index (κ1) is 20.8. The Bertz CT molecular complexity index is 1140. The molecular weight excluding hydrogens is 419 g/mol. The molecule has 2 atom stereocenters. The van der Waals surface area contributed by atoms with Crippen molar-refractivity contribution in [2.24, 2.45) is 0 Å². The zero-order chi connectivity index (χ0) is 22.1. The van der Waals surface area contributed by atoms with Crippen LogP contribution in [0.2, 0.25) is 5.02 Å². The van der Waals surface area contributed by atoms with Gasteiger partial charge in [0, 0.05) is 16.6 Å². The summed E-state index contributed by atoms with van der Waals surface area (Å²) in [5.74, 6) is -0.255. The van der Waals surface area contributed by atoms with Crippen molar-refractivity contribution in [3.8, 4) is 5.75 Å². The number of halogens is 4. The summed E-state index contributed by atoms with van der Waals surface area (Å²) in [5.41, 5.74) is -2.37. The summed E-state index contributed by atoms with van der Waals surface area (Å²) in [4.78, 5) is 0. The van der Waals surface area contributed by atoms with Gasteiger partial charge in [0.25, 0.3) is 0 Å². The number of alkyl halides is 3. The molecule has 3 aromatic rings. The summed E-state index contributed by atoms with van der Waals surface area (Å²) >= 11 is 6.21. The fourth-order valence-corrected chi connectivity index (χ4v) is 4.72. The number of aryl methyl sites for hydroxylation is 1. The van der Waals surface area contributed by atoms with Gasteiger partial charge < -0.3 is 15.5 Å². The van der Waals surface area contributed by atoms with Crippen LogP contribution in [0.25, 0.3) is 10.9 Å².